The van der Waals surface area contributed by atoms with E-state index < -0.39 is 12.3 Å². The quantitative estimate of drug-likeness (QED) is 0.589. The van der Waals surface area contributed by atoms with Crippen LogP contribution in [0.5, 0.6) is 0 Å². The highest BCUT2D eigenvalue weighted by atomic mass is 16.5. The van der Waals surface area contributed by atoms with Crippen LogP contribution in [0.1, 0.15) is 33.3 Å². The molecular weight excluding hydrogens is 256 g/mol. The Bertz CT molecular complexity index is 610. The van der Waals surface area contributed by atoms with Gasteiger partial charge >= 0.3 is 5.97 Å². The molecule has 0 aliphatic carbocycles. The zero-order chi connectivity index (χ0) is 14.5. The SMILES string of the molecule is O=C(O)c1ccc(C=Cc2ccc(C(O)O)cc2)cc1. The van der Waals surface area contributed by atoms with Gasteiger partial charge < -0.3 is 15.3 Å². The summed E-state index contributed by atoms with van der Waals surface area (Å²) in [6.45, 7) is 0. The van der Waals surface area contributed by atoms with Crippen LogP contribution in [0.4, 0.5) is 0 Å². The number of hydrogen-bond donors (Lipinski definition) is 3. The van der Waals surface area contributed by atoms with Gasteiger partial charge in [-0.3, -0.25) is 0 Å². The third kappa shape index (κ3) is 3.54. The van der Waals surface area contributed by atoms with Gasteiger partial charge in [-0.25, -0.2) is 4.79 Å². The lowest BCUT2D eigenvalue weighted by atomic mass is 10.1. The summed E-state index contributed by atoms with van der Waals surface area (Å²) < 4.78 is 0. The Morgan fingerprint density at radius 2 is 1.30 bits per heavy atom. The molecule has 0 atom stereocenters. The fourth-order valence-electron chi connectivity index (χ4n) is 1.71. The van der Waals surface area contributed by atoms with E-state index in [1.54, 1.807) is 48.5 Å². The van der Waals surface area contributed by atoms with Gasteiger partial charge in [0, 0.05) is 5.56 Å². The molecule has 0 saturated carbocycles. The lowest BCUT2D eigenvalue weighted by Crippen LogP contribution is -1.94. The van der Waals surface area contributed by atoms with Gasteiger partial charge in [0.1, 0.15) is 0 Å². The maximum atomic E-state index is 10.7. The average Bonchev–Trinajstić information content (AvgIpc) is 2.46. The zero-order valence-electron chi connectivity index (χ0n) is 10.6. The molecule has 0 bridgehead atoms. The second-order valence-electron chi connectivity index (χ2n) is 4.30. The van der Waals surface area contributed by atoms with Gasteiger partial charge in [0.15, 0.2) is 6.29 Å². The Kier molecular flexibility index (Phi) is 4.30. The van der Waals surface area contributed by atoms with E-state index in [1.165, 1.54) is 0 Å². The number of carboxylic acids is 1. The standard InChI is InChI=1S/C16H14O4/c17-15(18)13-7-3-11(4-8-13)1-2-12-5-9-14(10-6-12)16(19)20/h1-10,15,17-18H,(H,19,20). The van der Waals surface area contributed by atoms with Gasteiger partial charge in [0.25, 0.3) is 0 Å². The van der Waals surface area contributed by atoms with Crippen molar-refractivity contribution in [2.24, 2.45) is 0 Å². The first-order valence-electron chi connectivity index (χ1n) is 6.04. The lowest BCUT2D eigenvalue weighted by molar-refractivity contribution is -0.0424. The Morgan fingerprint density at radius 1 is 0.850 bits per heavy atom. The summed E-state index contributed by atoms with van der Waals surface area (Å²) in [5.74, 6) is -0.946. The van der Waals surface area contributed by atoms with Crippen LogP contribution >= 0.6 is 0 Å². The van der Waals surface area contributed by atoms with Crippen molar-refractivity contribution in [3.05, 3.63) is 70.8 Å². The van der Waals surface area contributed by atoms with Crippen molar-refractivity contribution in [2.45, 2.75) is 6.29 Å². The summed E-state index contributed by atoms with van der Waals surface area (Å²) in [7, 11) is 0. The van der Waals surface area contributed by atoms with Crippen molar-refractivity contribution < 1.29 is 20.1 Å². The largest absolute Gasteiger partial charge is 0.478 e. The first-order chi connectivity index (χ1) is 9.56. The molecule has 0 fully saturated rings. The summed E-state index contributed by atoms with van der Waals surface area (Å²) in [6, 6.07) is 13.4. The van der Waals surface area contributed by atoms with Crippen molar-refractivity contribution >= 4 is 18.1 Å². The fraction of sp³-hybridized carbons (Fsp3) is 0.0625. The first kappa shape index (κ1) is 14.0. The molecule has 2 rings (SSSR count). The zero-order valence-corrected chi connectivity index (χ0v) is 10.6. The number of carbonyl (C=O) groups is 1. The molecule has 0 spiro atoms. The molecule has 0 amide bonds. The van der Waals surface area contributed by atoms with Crippen molar-refractivity contribution in [2.75, 3.05) is 0 Å². The second kappa shape index (κ2) is 6.14. The van der Waals surface area contributed by atoms with E-state index in [9.17, 15) is 4.79 Å². The fourth-order valence-corrected chi connectivity index (χ4v) is 1.71. The smallest absolute Gasteiger partial charge is 0.335 e. The Morgan fingerprint density at radius 3 is 1.70 bits per heavy atom. The molecule has 102 valence electrons. The van der Waals surface area contributed by atoms with Crippen molar-refractivity contribution in [1.82, 2.24) is 0 Å². The van der Waals surface area contributed by atoms with Gasteiger partial charge in [-0.2, -0.15) is 0 Å². The summed E-state index contributed by atoms with van der Waals surface area (Å²) in [5.41, 5.74) is 2.49. The summed E-state index contributed by atoms with van der Waals surface area (Å²) in [5, 5.41) is 26.8. The second-order valence-corrected chi connectivity index (χ2v) is 4.30. The summed E-state index contributed by atoms with van der Waals surface area (Å²) in [4.78, 5) is 10.7. The molecule has 4 heteroatoms. The molecule has 2 aromatic carbocycles. The number of aliphatic hydroxyl groups is 2. The molecule has 0 aromatic heterocycles. The third-order valence-electron chi connectivity index (χ3n) is 2.86. The van der Waals surface area contributed by atoms with Crippen molar-refractivity contribution in [3.8, 4) is 0 Å². The molecule has 20 heavy (non-hydrogen) atoms. The summed E-state index contributed by atoms with van der Waals surface area (Å²) >= 11 is 0. The Labute approximate surface area is 116 Å². The number of benzene rings is 2. The maximum absolute atomic E-state index is 10.7. The van der Waals surface area contributed by atoms with Crippen molar-refractivity contribution in [3.63, 3.8) is 0 Å². The molecule has 2 aromatic rings. The monoisotopic (exact) mass is 270 g/mol. The van der Waals surface area contributed by atoms with Gasteiger partial charge in [-0.05, 0) is 23.3 Å². The van der Waals surface area contributed by atoms with E-state index in [0.717, 1.165) is 11.1 Å². The minimum absolute atomic E-state index is 0.253. The molecule has 0 aliphatic rings. The normalized spacial score (nSPS) is 11.2. The number of aromatic carboxylic acids is 1. The minimum atomic E-state index is -1.46. The number of aliphatic hydroxyl groups excluding tert-OH is 1. The third-order valence-corrected chi connectivity index (χ3v) is 2.86. The average molecular weight is 270 g/mol. The molecule has 4 nitrogen and oxygen atoms in total. The molecule has 3 N–H and O–H groups in total. The number of carboxylic acid groups (broad SMARTS) is 1. The molecular formula is C16H14O4. The first-order valence-corrected chi connectivity index (χ1v) is 6.04. The highest BCUT2D eigenvalue weighted by Gasteiger charge is 2.01. The van der Waals surface area contributed by atoms with Crippen LogP contribution in [0.15, 0.2) is 48.5 Å². The van der Waals surface area contributed by atoms with Crippen LogP contribution in [0.3, 0.4) is 0 Å². The number of hydrogen-bond acceptors (Lipinski definition) is 3. The van der Waals surface area contributed by atoms with Crippen LogP contribution in [-0.2, 0) is 0 Å². The summed E-state index contributed by atoms with van der Waals surface area (Å²) in [6.07, 6.45) is 2.26. The predicted molar refractivity (Wildman–Crippen MR) is 75.9 cm³/mol. The highest BCUT2D eigenvalue weighted by Crippen LogP contribution is 2.14. The van der Waals surface area contributed by atoms with Gasteiger partial charge in [0.2, 0.25) is 0 Å². The Hall–Kier alpha value is -2.43. The van der Waals surface area contributed by atoms with Crippen LogP contribution in [-0.4, -0.2) is 21.3 Å². The number of rotatable bonds is 4. The van der Waals surface area contributed by atoms with E-state index in [2.05, 4.69) is 0 Å². The molecule has 0 heterocycles. The van der Waals surface area contributed by atoms with E-state index in [0.29, 0.717) is 5.56 Å². The van der Waals surface area contributed by atoms with E-state index in [4.69, 9.17) is 15.3 Å². The molecule has 0 radical (unpaired) electrons. The van der Waals surface area contributed by atoms with E-state index >= 15 is 0 Å². The maximum Gasteiger partial charge on any atom is 0.335 e. The van der Waals surface area contributed by atoms with Gasteiger partial charge in [-0.15, -0.1) is 0 Å². The molecule has 0 saturated heterocycles. The van der Waals surface area contributed by atoms with E-state index in [-0.39, 0.29) is 5.56 Å². The lowest BCUT2D eigenvalue weighted by Gasteiger charge is -2.03. The Balaban J connectivity index is 2.10. The van der Waals surface area contributed by atoms with Crippen LogP contribution in [0, 0.1) is 0 Å². The van der Waals surface area contributed by atoms with Crippen molar-refractivity contribution in [1.29, 1.82) is 0 Å². The van der Waals surface area contributed by atoms with Crippen LogP contribution in [0.25, 0.3) is 12.2 Å². The predicted octanol–water partition coefficient (Wildman–Crippen LogP) is 2.54. The van der Waals surface area contributed by atoms with Crippen LogP contribution < -0.4 is 0 Å². The highest BCUT2D eigenvalue weighted by molar-refractivity contribution is 5.88. The minimum Gasteiger partial charge on any atom is -0.478 e. The van der Waals surface area contributed by atoms with Gasteiger partial charge in [-0.1, -0.05) is 48.6 Å². The topological polar surface area (TPSA) is 77.8 Å². The molecule has 0 unspecified atom stereocenters. The van der Waals surface area contributed by atoms with Gasteiger partial charge in [0.05, 0.1) is 5.56 Å². The van der Waals surface area contributed by atoms with E-state index in [1.807, 2.05) is 12.2 Å². The van der Waals surface area contributed by atoms with Crippen LogP contribution in [0.2, 0.25) is 0 Å². The molecule has 0 aliphatic heterocycles.